The fourth-order valence-corrected chi connectivity index (χ4v) is 2.94. The monoisotopic (exact) mass is 239 g/mol. The van der Waals surface area contributed by atoms with Crippen molar-refractivity contribution in [1.82, 2.24) is 5.32 Å². The minimum Gasteiger partial charge on any atom is -0.481 e. The van der Waals surface area contributed by atoms with Gasteiger partial charge in [0.1, 0.15) is 0 Å². The summed E-state index contributed by atoms with van der Waals surface area (Å²) in [7, 11) is 0. The molecule has 2 rings (SSSR count). The third-order valence-electron chi connectivity index (χ3n) is 4.50. The van der Waals surface area contributed by atoms with E-state index in [1.54, 1.807) is 0 Å². The van der Waals surface area contributed by atoms with E-state index in [9.17, 15) is 9.59 Å². The van der Waals surface area contributed by atoms with Crippen molar-refractivity contribution in [3.8, 4) is 0 Å². The van der Waals surface area contributed by atoms with Crippen molar-refractivity contribution in [2.24, 2.45) is 17.3 Å². The van der Waals surface area contributed by atoms with E-state index >= 15 is 0 Å². The summed E-state index contributed by atoms with van der Waals surface area (Å²) in [5.41, 5.74) is 0.281. The zero-order valence-corrected chi connectivity index (χ0v) is 10.4. The fourth-order valence-electron chi connectivity index (χ4n) is 2.94. The third kappa shape index (κ3) is 2.61. The Morgan fingerprint density at radius 3 is 2.41 bits per heavy atom. The Balaban J connectivity index is 1.78. The molecule has 0 aliphatic heterocycles. The fraction of sp³-hybridized carbons (Fsp3) is 0.846. The van der Waals surface area contributed by atoms with Gasteiger partial charge in [-0.2, -0.15) is 0 Å². The number of nitrogens with one attached hydrogen (secondary N) is 1. The molecule has 4 heteroatoms. The number of amides is 1. The van der Waals surface area contributed by atoms with Crippen LogP contribution in [0, 0.1) is 17.3 Å². The first kappa shape index (κ1) is 12.4. The number of carboxylic acids is 1. The van der Waals surface area contributed by atoms with Crippen molar-refractivity contribution in [1.29, 1.82) is 0 Å². The van der Waals surface area contributed by atoms with Crippen LogP contribution in [-0.4, -0.2) is 23.5 Å². The van der Waals surface area contributed by atoms with E-state index in [2.05, 4.69) is 12.2 Å². The normalized spacial score (nSPS) is 29.9. The van der Waals surface area contributed by atoms with Crippen LogP contribution in [0.1, 0.15) is 45.4 Å². The van der Waals surface area contributed by atoms with Crippen LogP contribution in [0.25, 0.3) is 0 Å². The van der Waals surface area contributed by atoms with Gasteiger partial charge in [-0.25, -0.2) is 0 Å². The highest BCUT2D eigenvalue weighted by atomic mass is 16.4. The molecule has 0 aromatic carbocycles. The number of hydrogen-bond donors (Lipinski definition) is 2. The van der Waals surface area contributed by atoms with Crippen molar-refractivity contribution in [2.45, 2.75) is 45.4 Å². The Bertz CT molecular complexity index is 321. The topological polar surface area (TPSA) is 66.4 Å². The largest absolute Gasteiger partial charge is 0.481 e. The van der Waals surface area contributed by atoms with E-state index in [0.717, 1.165) is 13.0 Å². The van der Waals surface area contributed by atoms with Crippen LogP contribution in [0.2, 0.25) is 0 Å². The quantitative estimate of drug-likeness (QED) is 0.768. The summed E-state index contributed by atoms with van der Waals surface area (Å²) in [5.74, 6) is -1.60. The predicted octanol–water partition coefficient (Wildman–Crippen LogP) is 1.79. The minimum atomic E-state index is -0.837. The van der Waals surface area contributed by atoms with Gasteiger partial charge in [-0.15, -0.1) is 0 Å². The summed E-state index contributed by atoms with van der Waals surface area (Å²) in [4.78, 5) is 22.4. The van der Waals surface area contributed by atoms with Crippen molar-refractivity contribution in [3.63, 3.8) is 0 Å². The Morgan fingerprint density at radius 2 is 1.94 bits per heavy atom. The number of carboxylic acid groups (broad SMARTS) is 1. The molecule has 2 aliphatic carbocycles. The Morgan fingerprint density at radius 1 is 1.29 bits per heavy atom. The highest BCUT2D eigenvalue weighted by Gasteiger charge is 2.48. The summed E-state index contributed by atoms with van der Waals surface area (Å²) in [6, 6.07) is 0. The van der Waals surface area contributed by atoms with Crippen molar-refractivity contribution in [2.75, 3.05) is 6.54 Å². The number of aliphatic carboxylic acids is 1. The van der Waals surface area contributed by atoms with Gasteiger partial charge in [-0.3, -0.25) is 9.59 Å². The average molecular weight is 239 g/mol. The number of carbonyl (C=O) groups is 2. The first-order chi connectivity index (χ1) is 8.08. The highest BCUT2D eigenvalue weighted by Crippen LogP contribution is 2.42. The van der Waals surface area contributed by atoms with Crippen molar-refractivity contribution < 1.29 is 14.7 Å². The van der Waals surface area contributed by atoms with E-state index in [-0.39, 0.29) is 17.2 Å². The van der Waals surface area contributed by atoms with Crippen LogP contribution in [0.15, 0.2) is 0 Å². The highest BCUT2D eigenvalue weighted by molar-refractivity contribution is 5.89. The van der Waals surface area contributed by atoms with Gasteiger partial charge in [-0.05, 0) is 31.1 Å². The maximum atomic E-state index is 11.8. The zero-order chi connectivity index (χ0) is 12.5. The van der Waals surface area contributed by atoms with Crippen molar-refractivity contribution in [3.05, 3.63) is 0 Å². The second kappa shape index (κ2) is 4.67. The van der Waals surface area contributed by atoms with E-state index in [1.807, 2.05) is 0 Å². The number of carbonyl (C=O) groups excluding carboxylic acids is 1. The van der Waals surface area contributed by atoms with Gasteiger partial charge < -0.3 is 10.4 Å². The van der Waals surface area contributed by atoms with Crippen LogP contribution in [0.3, 0.4) is 0 Å². The number of rotatable bonds is 5. The van der Waals surface area contributed by atoms with Crippen molar-refractivity contribution >= 4 is 11.9 Å². The molecule has 0 bridgehead atoms. The molecular formula is C13H21NO3. The lowest BCUT2D eigenvalue weighted by molar-refractivity contribution is -0.140. The van der Waals surface area contributed by atoms with E-state index < -0.39 is 11.9 Å². The molecule has 1 amide bonds. The molecule has 0 saturated heterocycles. The lowest BCUT2D eigenvalue weighted by Gasteiger charge is -2.27. The molecule has 2 saturated carbocycles. The number of hydrogen-bond acceptors (Lipinski definition) is 2. The van der Waals surface area contributed by atoms with Crippen LogP contribution in [-0.2, 0) is 9.59 Å². The third-order valence-corrected chi connectivity index (χ3v) is 4.50. The molecule has 2 fully saturated rings. The molecule has 96 valence electrons. The molecule has 2 N–H and O–H groups in total. The zero-order valence-electron chi connectivity index (χ0n) is 10.4. The standard InChI is InChI=1S/C13H21NO3/c1-2-13(5-3-4-6-13)8-14-11(15)9-7-10(9)12(16)17/h9-10H,2-8H2,1H3,(H,14,15)(H,16,17). The van der Waals surface area contributed by atoms with Crippen LogP contribution in [0.5, 0.6) is 0 Å². The van der Waals surface area contributed by atoms with E-state index in [1.165, 1.54) is 25.7 Å². The summed E-state index contributed by atoms with van der Waals surface area (Å²) in [5, 5.41) is 11.7. The SMILES string of the molecule is CCC1(CNC(=O)C2CC2C(=O)O)CCCC1. The van der Waals surface area contributed by atoms with E-state index in [0.29, 0.717) is 6.42 Å². The molecule has 2 aliphatic rings. The van der Waals surface area contributed by atoms with Gasteiger partial charge in [0.25, 0.3) is 0 Å². The van der Waals surface area contributed by atoms with Gasteiger partial charge >= 0.3 is 5.97 Å². The smallest absolute Gasteiger partial charge is 0.307 e. The lowest BCUT2D eigenvalue weighted by atomic mass is 9.83. The molecule has 2 atom stereocenters. The second-order valence-corrected chi connectivity index (χ2v) is 5.57. The second-order valence-electron chi connectivity index (χ2n) is 5.57. The Labute approximate surface area is 102 Å². The summed E-state index contributed by atoms with van der Waals surface area (Å²) >= 11 is 0. The maximum Gasteiger partial charge on any atom is 0.307 e. The minimum absolute atomic E-state index is 0.0582. The lowest BCUT2D eigenvalue weighted by Crippen LogP contribution is -2.36. The van der Waals surface area contributed by atoms with E-state index in [4.69, 9.17) is 5.11 Å². The predicted molar refractivity (Wildman–Crippen MR) is 63.4 cm³/mol. The molecule has 4 nitrogen and oxygen atoms in total. The van der Waals surface area contributed by atoms with Gasteiger partial charge in [-0.1, -0.05) is 19.8 Å². The first-order valence-electron chi connectivity index (χ1n) is 6.58. The molecular weight excluding hydrogens is 218 g/mol. The van der Waals surface area contributed by atoms with Crippen LogP contribution in [0.4, 0.5) is 0 Å². The molecule has 2 unspecified atom stereocenters. The molecule has 0 aromatic heterocycles. The van der Waals surface area contributed by atoms with Gasteiger partial charge in [0, 0.05) is 6.54 Å². The van der Waals surface area contributed by atoms with Gasteiger partial charge in [0.15, 0.2) is 0 Å². The summed E-state index contributed by atoms with van der Waals surface area (Å²) in [6.07, 6.45) is 6.50. The molecule has 0 radical (unpaired) electrons. The van der Waals surface area contributed by atoms with Crippen LogP contribution < -0.4 is 5.32 Å². The molecule has 17 heavy (non-hydrogen) atoms. The molecule has 0 heterocycles. The summed E-state index contributed by atoms with van der Waals surface area (Å²) in [6.45, 7) is 2.90. The summed E-state index contributed by atoms with van der Waals surface area (Å²) < 4.78 is 0. The van der Waals surface area contributed by atoms with Gasteiger partial charge in [0.2, 0.25) is 5.91 Å². The van der Waals surface area contributed by atoms with Gasteiger partial charge in [0.05, 0.1) is 11.8 Å². The van der Waals surface area contributed by atoms with Crippen LogP contribution >= 0.6 is 0 Å². The Kier molecular flexibility index (Phi) is 3.40. The average Bonchev–Trinajstić information content (AvgIpc) is 2.99. The first-order valence-corrected chi connectivity index (χ1v) is 6.58. The Hall–Kier alpha value is -1.06. The molecule has 0 spiro atoms. The molecule has 0 aromatic rings. The maximum absolute atomic E-state index is 11.8.